The second-order valence-corrected chi connectivity index (χ2v) is 9.43. The molecular weight excluding hydrogens is 334 g/mol. The third kappa shape index (κ3) is 5.95. The fourth-order valence-electron chi connectivity index (χ4n) is 2.84. The number of hydrogen-bond acceptors (Lipinski definition) is 5. The largest absolute Gasteiger partial charge is 0.481 e. The van der Waals surface area contributed by atoms with E-state index in [0.717, 1.165) is 24.3 Å². The molecule has 7 heteroatoms. The number of carbonyl (C=O) groups excluding carboxylic acids is 1. The van der Waals surface area contributed by atoms with E-state index in [1.165, 1.54) is 16.2 Å². The van der Waals surface area contributed by atoms with Crippen LogP contribution in [0.15, 0.2) is 9.81 Å². The number of amides is 1. The molecule has 1 saturated carbocycles. The minimum atomic E-state index is -0.818. The van der Waals surface area contributed by atoms with Crippen LogP contribution in [-0.2, 0) is 9.53 Å². The van der Waals surface area contributed by atoms with E-state index in [1.54, 1.807) is 0 Å². The quantitative estimate of drug-likeness (QED) is 0.797. The van der Waals surface area contributed by atoms with E-state index in [4.69, 9.17) is 9.84 Å². The van der Waals surface area contributed by atoms with Gasteiger partial charge in [-0.25, -0.2) is 4.79 Å². The highest BCUT2D eigenvalue weighted by Crippen LogP contribution is 2.44. The fourth-order valence-corrected chi connectivity index (χ4v) is 5.55. The number of carbonyl (C=O) groups is 2. The van der Waals surface area contributed by atoms with Crippen LogP contribution < -0.4 is 5.32 Å². The first kappa shape index (κ1) is 18.5. The molecule has 2 aliphatic rings. The smallest absolute Gasteiger partial charge is 0.407 e. The number of ether oxygens (including phenoxy) is 1. The van der Waals surface area contributed by atoms with Gasteiger partial charge in [0.25, 0.3) is 0 Å². The molecule has 2 rings (SSSR count). The first-order valence-electron chi connectivity index (χ1n) is 7.93. The Morgan fingerprint density at radius 1 is 1.26 bits per heavy atom. The van der Waals surface area contributed by atoms with Crippen LogP contribution in [0.5, 0.6) is 0 Å². The van der Waals surface area contributed by atoms with Crippen molar-refractivity contribution in [3.05, 3.63) is 9.81 Å². The van der Waals surface area contributed by atoms with Gasteiger partial charge in [0, 0.05) is 10.3 Å². The van der Waals surface area contributed by atoms with Crippen LogP contribution in [-0.4, -0.2) is 40.3 Å². The zero-order valence-corrected chi connectivity index (χ0v) is 15.5. The molecule has 2 atom stereocenters. The molecule has 1 amide bonds. The molecule has 0 bridgehead atoms. The Balaban J connectivity index is 2.05. The van der Waals surface area contributed by atoms with Crippen LogP contribution >= 0.6 is 23.5 Å². The van der Waals surface area contributed by atoms with Crippen LogP contribution in [0, 0.1) is 5.92 Å². The average Bonchev–Trinajstić information content (AvgIpc) is 2.79. The molecule has 23 heavy (non-hydrogen) atoms. The number of nitrogens with one attached hydrogen (secondary N) is 1. The second-order valence-electron chi connectivity index (χ2n) is 6.96. The summed E-state index contributed by atoms with van der Waals surface area (Å²) in [5, 5.41) is 12.0. The molecule has 0 spiro atoms. The molecule has 1 aliphatic carbocycles. The topological polar surface area (TPSA) is 75.6 Å². The van der Waals surface area contributed by atoms with Gasteiger partial charge in [-0.1, -0.05) is 0 Å². The van der Waals surface area contributed by atoms with E-state index in [0.29, 0.717) is 0 Å². The highest BCUT2D eigenvalue weighted by atomic mass is 32.2. The molecule has 2 fully saturated rings. The Labute approximate surface area is 146 Å². The summed E-state index contributed by atoms with van der Waals surface area (Å²) in [7, 11) is 0. The summed E-state index contributed by atoms with van der Waals surface area (Å²) in [5.41, 5.74) is 0.744. The maximum Gasteiger partial charge on any atom is 0.407 e. The Bertz CT molecular complexity index is 491. The van der Waals surface area contributed by atoms with Crippen molar-refractivity contribution in [1.29, 1.82) is 0 Å². The highest BCUT2D eigenvalue weighted by molar-refractivity contribution is 8.22. The Hall–Kier alpha value is -0.820. The minimum absolute atomic E-state index is 0.0642. The molecule has 1 aliphatic heterocycles. The van der Waals surface area contributed by atoms with E-state index < -0.39 is 17.7 Å². The van der Waals surface area contributed by atoms with Gasteiger partial charge in [0.15, 0.2) is 0 Å². The van der Waals surface area contributed by atoms with Gasteiger partial charge in [-0.3, -0.25) is 4.79 Å². The summed E-state index contributed by atoms with van der Waals surface area (Å²) in [6, 6.07) is -0.161. The number of alkyl carbamates (subject to hydrolysis) is 1. The summed E-state index contributed by atoms with van der Waals surface area (Å²) in [5.74, 6) is 1.37. The first-order valence-corrected chi connectivity index (χ1v) is 9.90. The predicted molar refractivity (Wildman–Crippen MR) is 94.7 cm³/mol. The lowest BCUT2D eigenvalue weighted by atomic mass is 10.00. The maximum absolute atomic E-state index is 12.0. The van der Waals surface area contributed by atoms with Crippen LogP contribution in [0.2, 0.25) is 0 Å². The van der Waals surface area contributed by atoms with Gasteiger partial charge in [0.1, 0.15) is 5.60 Å². The van der Waals surface area contributed by atoms with Crippen LogP contribution in [0.4, 0.5) is 4.79 Å². The van der Waals surface area contributed by atoms with Crippen molar-refractivity contribution in [2.24, 2.45) is 5.92 Å². The second kappa shape index (κ2) is 7.83. The highest BCUT2D eigenvalue weighted by Gasteiger charge is 2.36. The number of rotatable bonds is 3. The fraction of sp³-hybridized carbons (Fsp3) is 0.750. The van der Waals surface area contributed by atoms with Crippen LogP contribution in [0.3, 0.4) is 0 Å². The number of carboxylic acids is 1. The van der Waals surface area contributed by atoms with Gasteiger partial charge in [-0.2, -0.15) is 0 Å². The molecule has 2 unspecified atom stereocenters. The molecule has 2 N–H and O–H groups in total. The Morgan fingerprint density at radius 2 is 1.91 bits per heavy atom. The Kier molecular flexibility index (Phi) is 6.31. The summed E-state index contributed by atoms with van der Waals surface area (Å²) >= 11 is 3.73. The molecule has 1 heterocycles. The number of carboxylic acid groups (broad SMARTS) is 1. The van der Waals surface area contributed by atoms with Gasteiger partial charge in [-0.05, 0) is 63.0 Å². The summed E-state index contributed by atoms with van der Waals surface area (Å²) in [6.45, 7) is 5.45. The zero-order valence-electron chi connectivity index (χ0n) is 13.9. The van der Waals surface area contributed by atoms with Crippen molar-refractivity contribution < 1.29 is 19.4 Å². The summed E-state index contributed by atoms with van der Waals surface area (Å²) in [6.07, 6.45) is 2.30. The molecule has 130 valence electrons. The molecule has 0 radical (unpaired) electrons. The van der Waals surface area contributed by atoms with Gasteiger partial charge >= 0.3 is 12.1 Å². The molecule has 1 saturated heterocycles. The molecule has 0 aromatic carbocycles. The third-order valence-electron chi connectivity index (χ3n) is 3.73. The molecule has 0 aromatic heterocycles. The third-order valence-corrected chi connectivity index (χ3v) is 6.52. The van der Waals surface area contributed by atoms with E-state index in [2.05, 4.69) is 5.32 Å². The lowest BCUT2D eigenvalue weighted by Crippen LogP contribution is -2.41. The van der Waals surface area contributed by atoms with Crippen molar-refractivity contribution in [3.8, 4) is 0 Å². The van der Waals surface area contributed by atoms with E-state index in [1.807, 2.05) is 44.3 Å². The predicted octanol–water partition coefficient (Wildman–Crippen LogP) is 3.85. The lowest BCUT2D eigenvalue weighted by molar-refractivity contribution is -0.138. The van der Waals surface area contributed by atoms with Crippen molar-refractivity contribution in [3.63, 3.8) is 0 Å². The molecule has 5 nitrogen and oxygen atoms in total. The van der Waals surface area contributed by atoms with Crippen molar-refractivity contribution >= 4 is 35.6 Å². The van der Waals surface area contributed by atoms with Gasteiger partial charge in [0.2, 0.25) is 0 Å². The monoisotopic (exact) mass is 359 g/mol. The number of aliphatic carboxylic acids is 1. The SMILES string of the molecule is CC(C)(C)OC(=O)NC1CC(=C2SCCCS2)CC1CC(=O)O. The number of thioether (sulfide) groups is 2. The standard InChI is InChI=1S/C16H25NO4S2/c1-16(2,3)21-15(20)17-12-8-11(7-10(12)9-13(18)19)14-22-5-4-6-23-14/h10,12H,4-9H2,1-3H3,(H,17,20)(H,18,19). The lowest BCUT2D eigenvalue weighted by Gasteiger charge is -2.24. The van der Waals surface area contributed by atoms with Gasteiger partial charge in [0.05, 0.1) is 6.42 Å². The average molecular weight is 360 g/mol. The van der Waals surface area contributed by atoms with Gasteiger partial charge < -0.3 is 15.2 Å². The zero-order chi connectivity index (χ0) is 17.0. The van der Waals surface area contributed by atoms with Crippen LogP contribution in [0.25, 0.3) is 0 Å². The van der Waals surface area contributed by atoms with Crippen LogP contribution in [0.1, 0.15) is 46.5 Å². The van der Waals surface area contributed by atoms with E-state index >= 15 is 0 Å². The van der Waals surface area contributed by atoms with Crippen molar-refractivity contribution in [2.75, 3.05) is 11.5 Å². The first-order chi connectivity index (χ1) is 10.7. The van der Waals surface area contributed by atoms with E-state index in [-0.39, 0.29) is 18.4 Å². The molecular formula is C16H25NO4S2. The summed E-state index contributed by atoms with van der Waals surface area (Å²) < 4.78 is 6.64. The summed E-state index contributed by atoms with van der Waals surface area (Å²) in [4.78, 5) is 23.1. The Morgan fingerprint density at radius 3 is 2.48 bits per heavy atom. The van der Waals surface area contributed by atoms with E-state index in [9.17, 15) is 9.59 Å². The molecule has 0 aromatic rings. The normalized spacial score (nSPS) is 25.3. The minimum Gasteiger partial charge on any atom is -0.481 e. The maximum atomic E-state index is 12.0. The van der Waals surface area contributed by atoms with Crippen molar-refractivity contribution in [2.45, 2.75) is 58.1 Å². The van der Waals surface area contributed by atoms with Crippen molar-refractivity contribution in [1.82, 2.24) is 5.32 Å². The number of hydrogen-bond donors (Lipinski definition) is 2. The van der Waals surface area contributed by atoms with Gasteiger partial charge in [-0.15, -0.1) is 23.5 Å².